The maximum Gasteiger partial charge on any atom is 0.295 e. The van der Waals surface area contributed by atoms with Crippen LogP contribution in [0.4, 0.5) is 0 Å². The Labute approximate surface area is 200 Å². The molecule has 0 fully saturated rings. The van der Waals surface area contributed by atoms with Crippen LogP contribution in [-0.4, -0.2) is 19.6 Å². The normalized spacial score (nSPS) is 11.1. The first kappa shape index (κ1) is 22.9. The fourth-order valence-electron chi connectivity index (χ4n) is 4.35. The van der Waals surface area contributed by atoms with Crippen LogP contribution < -0.4 is 4.57 Å². The van der Waals surface area contributed by atoms with Gasteiger partial charge < -0.3 is 0 Å². The highest BCUT2D eigenvalue weighted by Gasteiger charge is 2.30. The summed E-state index contributed by atoms with van der Waals surface area (Å²) < 4.78 is 4.02. The molecule has 0 amide bonds. The zero-order valence-corrected chi connectivity index (χ0v) is 20.4. The second-order valence-corrected chi connectivity index (χ2v) is 9.12. The lowest BCUT2D eigenvalue weighted by Gasteiger charge is -2.20. The maximum atomic E-state index is 9.89. The Morgan fingerprint density at radius 2 is 1.53 bits per heavy atom. The SMILES string of the molecule is Cc1ccc(C#N)cc1-c1n(-c2c(C(C)C)cc(-n3nccn3)cc2C(C)C)cc(C#N)[n+]1C. The van der Waals surface area contributed by atoms with Crippen LogP contribution in [0, 0.1) is 29.6 Å². The van der Waals surface area contributed by atoms with E-state index in [0.717, 1.165) is 39.5 Å². The summed E-state index contributed by atoms with van der Waals surface area (Å²) in [6.07, 6.45) is 5.24. The zero-order chi connectivity index (χ0) is 24.6. The van der Waals surface area contributed by atoms with Crippen molar-refractivity contribution in [2.75, 3.05) is 0 Å². The molecule has 2 aromatic carbocycles. The molecule has 0 aliphatic heterocycles. The van der Waals surface area contributed by atoms with Crippen molar-refractivity contribution in [3.63, 3.8) is 0 Å². The van der Waals surface area contributed by atoms with Crippen LogP contribution in [0.3, 0.4) is 0 Å². The van der Waals surface area contributed by atoms with Gasteiger partial charge in [0.15, 0.2) is 6.20 Å². The Kier molecular flexibility index (Phi) is 6.04. The highest BCUT2D eigenvalue weighted by molar-refractivity contribution is 5.66. The second-order valence-electron chi connectivity index (χ2n) is 9.12. The lowest BCUT2D eigenvalue weighted by molar-refractivity contribution is -0.661. The van der Waals surface area contributed by atoms with Crippen LogP contribution in [0.15, 0.2) is 48.9 Å². The monoisotopic (exact) mass is 450 g/mol. The second kappa shape index (κ2) is 8.96. The summed E-state index contributed by atoms with van der Waals surface area (Å²) >= 11 is 0. The number of rotatable bonds is 5. The standard InChI is InChI=1S/C27H28N7/c1-17(2)23-12-21(34-30-9-10-31-34)13-24(18(3)4)26(23)33-16-22(15-29)32(6)27(33)25-11-20(14-28)8-7-19(25)5/h7-13,16-18H,1-6H3/q+1. The van der Waals surface area contributed by atoms with Crippen molar-refractivity contribution >= 4 is 0 Å². The number of hydrogen-bond acceptors (Lipinski definition) is 4. The number of imidazole rings is 1. The molecule has 4 rings (SSSR count). The lowest BCUT2D eigenvalue weighted by atomic mass is 9.91. The summed E-state index contributed by atoms with van der Waals surface area (Å²) in [6.45, 7) is 10.7. The van der Waals surface area contributed by atoms with Gasteiger partial charge in [-0.05, 0) is 48.6 Å². The zero-order valence-electron chi connectivity index (χ0n) is 20.4. The minimum atomic E-state index is 0.209. The number of aromatic nitrogens is 5. The average Bonchev–Trinajstić information content (AvgIpc) is 3.46. The highest BCUT2D eigenvalue weighted by atomic mass is 15.5. The van der Waals surface area contributed by atoms with E-state index in [9.17, 15) is 10.5 Å². The molecule has 0 bridgehead atoms. The van der Waals surface area contributed by atoms with Gasteiger partial charge in [0.2, 0.25) is 5.69 Å². The molecule has 0 N–H and O–H groups in total. The van der Waals surface area contributed by atoms with Crippen LogP contribution in [-0.2, 0) is 7.05 Å². The van der Waals surface area contributed by atoms with Crippen LogP contribution in [0.2, 0.25) is 0 Å². The van der Waals surface area contributed by atoms with E-state index in [2.05, 4.69) is 66.7 Å². The molecule has 0 unspecified atom stereocenters. The summed E-state index contributed by atoms with van der Waals surface area (Å²) in [4.78, 5) is 1.64. The maximum absolute atomic E-state index is 9.89. The summed E-state index contributed by atoms with van der Waals surface area (Å²) in [7, 11) is 1.90. The van der Waals surface area contributed by atoms with E-state index in [1.165, 1.54) is 0 Å². The van der Waals surface area contributed by atoms with Gasteiger partial charge in [-0.15, -0.1) is 0 Å². The van der Waals surface area contributed by atoms with Gasteiger partial charge >= 0.3 is 0 Å². The molecule has 4 aromatic rings. The van der Waals surface area contributed by atoms with E-state index in [-0.39, 0.29) is 11.8 Å². The van der Waals surface area contributed by atoms with Crippen molar-refractivity contribution in [1.82, 2.24) is 19.6 Å². The van der Waals surface area contributed by atoms with E-state index in [1.807, 2.05) is 42.9 Å². The summed E-state index contributed by atoms with van der Waals surface area (Å²) in [5.41, 5.74) is 7.30. The molecule has 0 saturated heterocycles. The molecular formula is C27H28N7+. The molecule has 2 heterocycles. The minimum absolute atomic E-state index is 0.209. The molecule has 34 heavy (non-hydrogen) atoms. The third-order valence-corrected chi connectivity index (χ3v) is 6.17. The lowest BCUT2D eigenvalue weighted by Crippen LogP contribution is -2.33. The summed E-state index contributed by atoms with van der Waals surface area (Å²) in [5, 5.41) is 28.1. The molecule has 0 atom stereocenters. The van der Waals surface area contributed by atoms with Gasteiger partial charge in [0.25, 0.3) is 5.82 Å². The molecule has 0 radical (unpaired) electrons. The van der Waals surface area contributed by atoms with Crippen LogP contribution in [0.1, 0.15) is 67.5 Å². The van der Waals surface area contributed by atoms with Crippen LogP contribution in [0.5, 0.6) is 0 Å². The fraction of sp³-hybridized carbons (Fsp3) is 0.296. The predicted octanol–water partition coefficient (Wildman–Crippen LogP) is 4.85. The van der Waals surface area contributed by atoms with E-state index in [0.29, 0.717) is 11.3 Å². The number of aryl methyl sites for hydroxylation is 1. The van der Waals surface area contributed by atoms with Crippen molar-refractivity contribution < 1.29 is 4.57 Å². The molecule has 0 saturated carbocycles. The minimum Gasteiger partial charge on any atom is -0.217 e. The van der Waals surface area contributed by atoms with E-state index >= 15 is 0 Å². The largest absolute Gasteiger partial charge is 0.295 e. The van der Waals surface area contributed by atoms with Crippen molar-refractivity contribution in [3.8, 4) is 34.9 Å². The number of nitriles is 2. The quantitative estimate of drug-likeness (QED) is 0.407. The molecule has 7 heteroatoms. The van der Waals surface area contributed by atoms with Gasteiger partial charge in [-0.25, -0.2) is 4.57 Å². The van der Waals surface area contributed by atoms with Gasteiger partial charge in [-0.1, -0.05) is 33.8 Å². The molecule has 0 aliphatic rings. The summed E-state index contributed by atoms with van der Waals surface area (Å²) in [6, 6.07) is 14.5. The third kappa shape index (κ3) is 3.86. The van der Waals surface area contributed by atoms with E-state index < -0.39 is 0 Å². The molecule has 0 aliphatic carbocycles. The molecule has 2 aromatic heterocycles. The summed E-state index contributed by atoms with van der Waals surface area (Å²) in [5.74, 6) is 1.28. The Morgan fingerprint density at radius 1 is 0.912 bits per heavy atom. The first-order valence-electron chi connectivity index (χ1n) is 11.3. The van der Waals surface area contributed by atoms with Crippen LogP contribution in [0.25, 0.3) is 22.8 Å². The molecule has 0 spiro atoms. The van der Waals surface area contributed by atoms with E-state index in [4.69, 9.17) is 0 Å². The molecule has 170 valence electrons. The van der Waals surface area contributed by atoms with Gasteiger partial charge in [0.1, 0.15) is 11.8 Å². The first-order valence-corrected chi connectivity index (χ1v) is 11.3. The smallest absolute Gasteiger partial charge is 0.217 e. The van der Waals surface area contributed by atoms with Gasteiger partial charge in [-0.3, -0.25) is 0 Å². The number of nitrogens with zero attached hydrogens (tertiary/aromatic N) is 7. The highest BCUT2D eigenvalue weighted by Crippen LogP contribution is 2.36. The van der Waals surface area contributed by atoms with Crippen molar-refractivity contribution in [2.45, 2.75) is 46.5 Å². The molecule has 7 nitrogen and oxygen atoms in total. The average molecular weight is 451 g/mol. The fourth-order valence-corrected chi connectivity index (χ4v) is 4.35. The third-order valence-electron chi connectivity index (χ3n) is 6.17. The Hall–Kier alpha value is -4.23. The van der Waals surface area contributed by atoms with E-state index in [1.54, 1.807) is 17.2 Å². The molecular weight excluding hydrogens is 422 g/mol. The first-order chi connectivity index (χ1) is 16.3. The van der Waals surface area contributed by atoms with Crippen molar-refractivity contribution in [2.24, 2.45) is 7.05 Å². The Bertz CT molecular complexity index is 1410. The topological polar surface area (TPSA) is 87.1 Å². The van der Waals surface area contributed by atoms with Crippen molar-refractivity contribution in [3.05, 3.63) is 76.9 Å². The van der Waals surface area contributed by atoms with Gasteiger partial charge in [-0.2, -0.15) is 30.1 Å². The number of benzene rings is 2. The predicted molar refractivity (Wildman–Crippen MR) is 130 cm³/mol. The Morgan fingerprint density at radius 3 is 2.06 bits per heavy atom. The van der Waals surface area contributed by atoms with Gasteiger partial charge in [0.05, 0.1) is 42.3 Å². The van der Waals surface area contributed by atoms with Crippen LogP contribution >= 0.6 is 0 Å². The van der Waals surface area contributed by atoms with Gasteiger partial charge in [0, 0.05) is 11.1 Å². The number of hydrogen-bond donors (Lipinski definition) is 0. The Balaban J connectivity index is 2.12. The van der Waals surface area contributed by atoms with Crippen molar-refractivity contribution in [1.29, 1.82) is 10.5 Å².